The molecule has 35 heavy (non-hydrogen) atoms. The Hall–Kier alpha value is -2.60. The van der Waals surface area contributed by atoms with Crippen LogP contribution >= 0.6 is 22.9 Å². The minimum Gasteiger partial charge on any atom is -0.465 e. The van der Waals surface area contributed by atoms with E-state index in [0.717, 1.165) is 11.3 Å². The van der Waals surface area contributed by atoms with Crippen LogP contribution in [0.2, 0.25) is 5.02 Å². The first kappa shape index (κ1) is 25.5. The highest BCUT2D eigenvalue weighted by atomic mass is 35.5. The number of fused-ring (bicyclic) bond motifs is 1. The summed E-state index contributed by atoms with van der Waals surface area (Å²) >= 11 is 6.96. The fourth-order valence-electron chi connectivity index (χ4n) is 3.94. The number of esters is 1. The highest BCUT2D eigenvalue weighted by Gasteiger charge is 2.32. The molecule has 1 saturated heterocycles. The molecule has 1 aliphatic rings. The van der Waals surface area contributed by atoms with E-state index in [1.165, 1.54) is 39.2 Å². The van der Waals surface area contributed by atoms with Gasteiger partial charge in [0.1, 0.15) is 12.4 Å². The summed E-state index contributed by atoms with van der Waals surface area (Å²) in [6.07, 6.45) is 0.596. The zero-order chi connectivity index (χ0) is 25.2. The standard InChI is InChI=1S/C23H23ClFN3O5S2/c1-2-33-20(29)14-28-21-18(25)4-3-5-19(21)34-23(28)26-22(30)15-10-12-27(13-11-15)35(31,32)17-8-6-16(24)7-9-17/h3-9,15H,2,10-14H2,1H3. The van der Waals surface area contributed by atoms with Crippen LogP contribution in [0.25, 0.3) is 10.2 Å². The summed E-state index contributed by atoms with van der Waals surface area (Å²) in [5.41, 5.74) is 0.181. The molecule has 8 nitrogen and oxygen atoms in total. The molecule has 4 rings (SSSR count). The van der Waals surface area contributed by atoms with Gasteiger partial charge in [-0.1, -0.05) is 29.0 Å². The number of carbonyl (C=O) groups excluding carboxylic acids is 2. The molecule has 1 amide bonds. The monoisotopic (exact) mass is 539 g/mol. The second kappa shape index (κ2) is 10.6. The molecule has 0 aliphatic carbocycles. The quantitative estimate of drug-likeness (QED) is 0.446. The summed E-state index contributed by atoms with van der Waals surface area (Å²) in [4.78, 5) is 29.7. The summed E-state index contributed by atoms with van der Waals surface area (Å²) in [5, 5.41) is 0.441. The highest BCUT2D eigenvalue weighted by molar-refractivity contribution is 7.89. The lowest BCUT2D eigenvalue weighted by atomic mass is 9.98. The fraction of sp³-hybridized carbons (Fsp3) is 0.348. The second-order valence-electron chi connectivity index (χ2n) is 7.94. The number of benzene rings is 2. The van der Waals surface area contributed by atoms with Gasteiger partial charge in [-0.2, -0.15) is 9.30 Å². The highest BCUT2D eigenvalue weighted by Crippen LogP contribution is 2.26. The maximum absolute atomic E-state index is 14.5. The second-order valence-corrected chi connectivity index (χ2v) is 11.3. The topological polar surface area (TPSA) is 98.0 Å². The van der Waals surface area contributed by atoms with Gasteiger partial charge in [0.2, 0.25) is 10.0 Å². The zero-order valence-corrected chi connectivity index (χ0v) is 21.2. The number of aromatic nitrogens is 1. The van der Waals surface area contributed by atoms with Crippen molar-refractivity contribution in [2.75, 3.05) is 19.7 Å². The molecule has 0 spiro atoms. The normalized spacial score (nSPS) is 16.0. The molecule has 0 N–H and O–H groups in total. The molecule has 0 atom stereocenters. The Bertz CT molecular complexity index is 1430. The smallest absolute Gasteiger partial charge is 0.326 e. The molecule has 1 fully saturated rings. The number of hydrogen-bond donors (Lipinski definition) is 0. The van der Waals surface area contributed by atoms with Crippen LogP contribution in [0.3, 0.4) is 0 Å². The van der Waals surface area contributed by atoms with Crippen molar-refractivity contribution in [2.45, 2.75) is 31.2 Å². The number of nitrogens with zero attached hydrogens (tertiary/aromatic N) is 3. The van der Waals surface area contributed by atoms with Crippen LogP contribution in [0.5, 0.6) is 0 Å². The van der Waals surface area contributed by atoms with Gasteiger partial charge in [-0.05, 0) is 56.2 Å². The van der Waals surface area contributed by atoms with Crippen LogP contribution in [0, 0.1) is 11.7 Å². The Kier molecular flexibility index (Phi) is 7.70. The Balaban J connectivity index is 1.55. The molecular weight excluding hydrogens is 517 g/mol. The lowest BCUT2D eigenvalue weighted by Crippen LogP contribution is -2.40. The molecule has 0 radical (unpaired) electrons. The summed E-state index contributed by atoms with van der Waals surface area (Å²) in [5.74, 6) is -2.02. The number of halogens is 2. The van der Waals surface area contributed by atoms with Gasteiger partial charge in [-0.3, -0.25) is 9.59 Å². The van der Waals surface area contributed by atoms with Crippen LogP contribution in [0.4, 0.5) is 4.39 Å². The molecule has 1 aliphatic heterocycles. The summed E-state index contributed by atoms with van der Waals surface area (Å²) in [6, 6.07) is 10.4. The van der Waals surface area contributed by atoms with Gasteiger partial charge in [0.25, 0.3) is 5.91 Å². The predicted molar refractivity (Wildman–Crippen MR) is 130 cm³/mol. The first-order valence-electron chi connectivity index (χ1n) is 11.0. The average molecular weight is 540 g/mol. The van der Waals surface area contributed by atoms with Crippen molar-refractivity contribution in [3.05, 3.63) is 58.1 Å². The predicted octanol–water partition coefficient (Wildman–Crippen LogP) is 3.59. The molecule has 3 aromatic rings. The van der Waals surface area contributed by atoms with Gasteiger partial charge in [0.15, 0.2) is 4.80 Å². The van der Waals surface area contributed by atoms with Crippen molar-refractivity contribution in [2.24, 2.45) is 10.9 Å². The van der Waals surface area contributed by atoms with Crippen LogP contribution in [0.15, 0.2) is 52.4 Å². The fourth-order valence-corrected chi connectivity index (χ4v) is 6.58. The van der Waals surface area contributed by atoms with E-state index in [4.69, 9.17) is 16.3 Å². The van der Waals surface area contributed by atoms with Crippen molar-refractivity contribution < 1.29 is 27.1 Å². The lowest BCUT2D eigenvalue weighted by molar-refractivity contribution is -0.143. The van der Waals surface area contributed by atoms with Gasteiger partial charge < -0.3 is 9.30 Å². The molecule has 2 aromatic carbocycles. The maximum Gasteiger partial charge on any atom is 0.326 e. The van der Waals surface area contributed by atoms with Crippen LogP contribution in [-0.2, 0) is 30.9 Å². The Morgan fingerprint density at radius 2 is 1.86 bits per heavy atom. The Morgan fingerprint density at radius 1 is 1.17 bits per heavy atom. The van der Waals surface area contributed by atoms with E-state index >= 15 is 0 Å². The Morgan fingerprint density at radius 3 is 2.51 bits per heavy atom. The van der Waals surface area contributed by atoms with Gasteiger partial charge in [0, 0.05) is 24.0 Å². The van der Waals surface area contributed by atoms with Gasteiger partial charge in [-0.25, -0.2) is 12.8 Å². The summed E-state index contributed by atoms with van der Waals surface area (Å²) < 4.78 is 48.6. The van der Waals surface area contributed by atoms with E-state index in [1.54, 1.807) is 19.1 Å². The lowest BCUT2D eigenvalue weighted by Gasteiger charge is -2.29. The van der Waals surface area contributed by atoms with Crippen LogP contribution in [-0.4, -0.2) is 48.9 Å². The van der Waals surface area contributed by atoms with Crippen molar-refractivity contribution in [1.82, 2.24) is 8.87 Å². The Labute approximate surface area is 210 Å². The molecule has 0 saturated carbocycles. The molecule has 0 bridgehead atoms. The van der Waals surface area contributed by atoms with E-state index < -0.39 is 33.6 Å². The number of ether oxygens (including phenoxy) is 1. The third kappa shape index (κ3) is 5.48. The van der Waals surface area contributed by atoms with Crippen molar-refractivity contribution in [1.29, 1.82) is 0 Å². The third-order valence-corrected chi connectivity index (χ3v) is 8.91. The number of sulfonamides is 1. The van der Waals surface area contributed by atoms with Gasteiger partial charge in [-0.15, -0.1) is 0 Å². The molecule has 2 heterocycles. The SMILES string of the molecule is CCOC(=O)Cn1c(=NC(=O)C2CCN(S(=O)(=O)c3ccc(Cl)cc3)CC2)sc2cccc(F)c21. The van der Waals surface area contributed by atoms with Gasteiger partial charge >= 0.3 is 5.97 Å². The van der Waals surface area contributed by atoms with Crippen molar-refractivity contribution in [3.8, 4) is 0 Å². The van der Waals surface area contributed by atoms with E-state index in [-0.39, 0.29) is 41.5 Å². The maximum atomic E-state index is 14.5. The van der Waals surface area contributed by atoms with E-state index in [1.807, 2.05) is 0 Å². The molecule has 1 aromatic heterocycles. The van der Waals surface area contributed by atoms with Crippen LogP contribution in [0.1, 0.15) is 19.8 Å². The zero-order valence-electron chi connectivity index (χ0n) is 18.8. The van der Waals surface area contributed by atoms with Gasteiger partial charge in [0.05, 0.1) is 21.7 Å². The van der Waals surface area contributed by atoms with E-state index in [9.17, 15) is 22.4 Å². The number of amides is 1. The van der Waals surface area contributed by atoms with E-state index in [2.05, 4.69) is 4.99 Å². The molecule has 186 valence electrons. The van der Waals surface area contributed by atoms with Crippen molar-refractivity contribution >= 4 is 55.1 Å². The third-order valence-electron chi connectivity index (χ3n) is 5.70. The van der Waals surface area contributed by atoms with Crippen LogP contribution < -0.4 is 4.80 Å². The largest absolute Gasteiger partial charge is 0.465 e. The number of piperidine rings is 1. The number of para-hydroxylation sites is 1. The minimum absolute atomic E-state index is 0.142. The number of rotatable bonds is 6. The number of carbonyl (C=O) groups is 2. The number of hydrogen-bond acceptors (Lipinski definition) is 6. The average Bonchev–Trinajstić information content (AvgIpc) is 3.17. The first-order chi connectivity index (χ1) is 16.7. The summed E-state index contributed by atoms with van der Waals surface area (Å²) in [7, 11) is -3.70. The molecule has 0 unspecified atom stereocenters. The minimum atomic E-state index is -3.70. The summed E-state index contributed by atoms with van der Waals surface area (Å²) in [6.45, 7) is 1.90. The molecular formula is C23H23ClFN3O5S2. The first-order valence-corrected chi connectivity index (χ1v) is 13.6. The van der Waals surface area contributed by atoms with Crippen molar-refractivity contribution in [3.63, 3.8) is 0 Å². The van der Waals surface area contributed by atoms with E-state index in [0.29, 0.717) is 22.6 Å². The number of thiazole rings is 1. The molecule has 12 heteroatoms.